The predicted molar refractivity (Wildman–Crippen MR) is 78.6 cm³/mol. The molecule has 1 saturated heterocycles. The van der Waals surface area contributed by atoms with Gasteiger partial charge in [0.2, 0.25) is 5.91 Å². The van der Waals surface area contributed by atoms with Crippen LogP contribution in [-0.4, -0.2) is 29.8 Å². The minimum Gasteiger partial charge on any atom is -0.326 e. The molecule has 4 amide bonds. The molecule has 1 fully saturated rings. The Morgan fingerprint density at radius 3 is 2.48 bits per heavy atom. The molecule has 6 heteroatoms. The Hall–Kier alpha value is -2.37. The van der Waals surface area contributed by atoms with E-state index in [2.05, 4.69) is 10.6 Å². The zero-order valence-electron chi connectivity index (χ0n) is 12.2. The first kappa shape index (κ1) is 15.0. The number of urea groups is 1. The van der Waals surface area contributed by atoms with Gasteiger partial charge in [-0.25, -0.2) is 4.79 Å². The minimum atomic E-state index is -0.646. The molecule has 0 radical (unpaired) electrons. The summed E-state index contributed by atoms with van der Waals surface area (Å²) in [5.74, 6) is -0.297. The van der Waals surface area contributed by atoms with Crippen LogP contribution < -0.4 is 10.6 Å². The van der Waals surface area contributed by atoms with Crippen LogP contribution in [0.2, 0.25) is 0 Å². The van der Waals surface area contributed by atoms with Crippen LogP contribution in [0.4, 0.5) is 10.5 Å². The largest absolute Gasteiger partial charge is 0.326 e. The number of benzene rings is 1. The van der Waals surface area contributed by atoms with Crippen molar-refractivity contribution in [1.29, 1.82) is 0 Å². The highest BCUT2D eigenvalue weighted by molar-refractivity contribution is 6.04. The summed E-state index contributed by atoms with van der Waals surface area (Å²) in [5.41, 5.74) is 1.38. The average molecular weight is 289 g/mol. The van der Waals surface area contributed by atoms with Gasteiger partial charge in [0.15, 0.2) is 0 Å². The monoisotopic (exact) mass is 289 g/mol. The lowest BCUT2D eigenvalue weighted by molar-refractivity contribution is -0.126. The Kier molecular flexibility index (Phi) is 4.57. The van der Waals surface area contributed by atoms with Crippen molar-refractivity contribution in [2.45, 2.75) is 32.2 Å². The van der Waals surface area contributed by atoms with Gasteiger partial charge in [0.05, 0.1) is 0 Å². The van der Waals surface area contributed by atoms with Gasteiger partial charge in [-0.15, -0.1) is 0 Å². The molecule has 6 nitrogen and oxygen atoms in total. The molecule has 1 atom stereocenters. The van der Waals surface area contributed by atoms with Crippen molar-refractivity contribution < 1.29 is 14.4 Å². The van der Waals surface area contributed by atoms with Crippen molar-refractivity contribution in [3.63, 3.8) is 0 Å². The lowest BCUT2D eigenvalue weighted by Gasteiger charge is -2.10. The first-order valence-corrected chi connectivity index (χ1v) is 7.00. The summed E-state index contributed by atoms with van der Waals surface area (Å²) >= 11 is 0. The summed E-state index contributed by atoms with van der Waals surface area (Å²) in [7, 11) is 1.44. The molecule has 1 aliphatic heterocycles. The Labute approximate surface area is 123 Å². The van der Waals surface area contributed by atoms with Crippen LogP contribution in [0.15, 0.2) is 24.3 Å². The van der Waals surface area contributed by atoms with E-state index < -0.39 is 12.1 Å². The van der Waals surface area contributed by atoms with Crippen molar-refractivity contribution in [2.75, 3.05) is 12.4 Å². The number of nitrogens with one attached hydrogen (secondary N) is 2. The second-order valence-corrected chi connectivity index (χ2v) is 5.05. The number of carbonyl (C=O) groups is 3. The highest BCUT2D eigenvalue weighted by atomic mass is 16.2. The molecule has 1 unspecified atom stereocenters. The quantitative estimate of drug-likeness (QED) is 0.814. The number of anilines is 1. The predicted octanol–water partition coefficient (Wildman–Crippen LogP) is 2.04. The lowest BCUT2D eigenvalue weighted by atomic mass is 10.1. The van der Waals surface area contributed by atoms with E-state index in [4.69, 9.17) is 0 Å². The molecule has 0 aromatic heterocycles. The highest BCUT2D eigenvalue weighted by Crippen LogP contribution is 2.22. The van der Waals surface area contributed by atoms with Crippen LogP contribution in [0.1, 0.15) is 37.8 Å². The number of hydrogen-bond donors (Lipinski definition) is 2. The number of carbonyl (C=O) groups excluding carboxylic acids is 3. The summed E-state index contributed by atoms with van der Waals surface area (Å²) in [6.45, 7) is 2.03. The molecule has 1 aliphatic rings. The lowest BCUT2D eigenvalue weighted by Crippen LogP contribution is -2.25. The van der Waals surface area contributed by atoms with E-state index in [1.54, 1.807) is 24.3 Å². The number of unbranched alkanes of at least 4 members (excludes halogenated alkanes) is 1. The summed E-state index contributed by atoms with van der Waals surface area (Å²) in [6.07, 6.45) is 2.34. The van der Waals surface area contributed by atoms with Gasteiger partial charge in [0, 0.05) is 19.2 Å². The summed E-state index contributed by atoms with van der Waals surface area (Å²) < 4.78 is 0. The summed E-state index contributed by atoms with van der Waals surface area (Å²) in [4.78, 5) is 36.0. The van der Waals surface area contributed by atoms with Gasteiger partial charge in [-0.1, -0.05) is 25.5 Å². The Morgan fingerprint density at radius 2 is 1.95 bits per heavy atom. The van der Waals surface area contributed by atoms with Crippen molar-refractivity contribution in [1.82, 2.24) is 10.2 Å². The van der Waals surface area contributed by atoms with Gasteiger partial charge in [-0.2, -0.15) is 0 Å². The van der Waals surface area contributed by atoms with E-state index in [0.717, 1.165) is 17.7 Å². The molecule has 1 heterocycles. The van der Waals surface area contributed by atoms with E-state index in [-0.39, 0.29) is 11.8 Å². The van der Waals surface area contributed by atoms with Crippen LogP contribution >= 0.6 is 0 Å². The molecule has 0 bridgehead atoms. The number of amides is 4. The summed E-state index contributed by atoms with van der Waals surface area (Å²) in [5, 5.41) is 5.41. The molecule has 0 aliphatic carbocycles. The Morgan fingerprint density at radius 1 is 1.29 bits per heavy atom. The van der Waals surface area contributed by atoms with E-state index in [1.807, 2.05) is 6.92 Å². The number of hydrogen-bond acceptors (Lipinski definition) is 3. The van der Waals surface area contributed by atoms with E-state index in [1.165, 1.54) is 7.05 Å². The maximum Gasteiger partial charge on any atom is 0.324 e. The maximum absolute atomic E-state index is 11.9. The topological polar surface area (TPSA) is 78.5 Å². The molecule has 2 N–H and O–H groups in total. The van der Waals surface area contributed by atoms with Crippen LogP contribution in [0.25, 0.3) is 0 Å². The average Bonchev–Trinajstić information content (AvgIpc) is 2.73. The third kappa shape index (κ3) is 3.39. The zero-order chi connectivity index (χ0) is 15.4. The fourth-order valence-corrected chi connectivity index (χ4v) is 2.12. The number of imide groups is 1. The van der Waals surface area contributed by atoms with Crippen molar-refractivity contribution in [3.8, 4) is 0 Å². The van der Waals surface area contributed by atoms with Crippen molar-refractivity contribution in [3.05, 3.63) is 29.8 Å². The smallest absolute Gasteiger partial charge is 0.324 e. The standard InChI is InChI=1S/C15H19N3O3/c1-3-4-5-12(19)16-11-8-6-10(7-9-11)13-14(20)18(2)15(21)17-13/h6-9,13H,3-5H2,1-2H3,(H,16,19)(H,17,21). The first-order chi connectivity index (χ1) is 10.0. The number of nitrogens with zero attached hydrogens (tertiary/aromatic N) is 1. The van der Waals surface area contributed by atoms with Crippen LogP contribution in [-0.2, 0) is 9.59 Å². The van der Waals surface area contributed by atoms with Gasteiger partial charge < -0.3 is 10.6 Å². The van der Waals surface area contributed by atoms with Gasteiger partial charge in [-0.05, 0) is 24.1 Å². The van der Waals surface area contributed by atoms with E-state index >= 15 is 0 Å². The highest BCUT2D eigenvalue weighted by Gasteiger charge is 2.36. The number of likely N-dealkylation sites (N-methyl/N-ethyl adjacent to an activating group) is 1. The fourth-order valence-electron chi connectivity index (χ4n) is 2.12. The van der Waals surface area contributed by atoms with Gasteiger partial charge in [0.25, 0.3) is 5.91 Å². The maximum atomic E-state index is 11.9. The normalized spacial score (nSPS) is 17.8. The molecular weight excluding hydrogens is 270 g/mol. The van der Waals surface area contributed by atoms with Gasteiger partial charge >= 0.3 is 6.03 Å². The molecule has 0 saturated carbocycles. The van der Waals surface area contributed by atoms with Crippen molar-refractivity contribution >= 4 is 23.5 Å². The third-order valence-corrected chi connectivity index (χ3v) is 3.44. The van der Waals surface area contributed by atoms with Crippen LogP contribution in [0.5, 0.6) is 0 Å². The molecule has 0 spiro atoms. The molecular formula is C15H19N3O3. The second-order valence-electron chi connectivity index (χ2n) is 5.05. The fraction of sp³-hybridized carbons (Fsp3) is 0.400. The van der Waals surface area contributed by atoms with Crippen molar-refractivity contribution in [2.24, 2.45) is 0 Å². The molecule has 2 rings (SSSR count). The third-order valence-electron chi connectivity index (χ3n) is 3.44. The zero-order valence-corrected chi connectivity index (χ0v) is 12.2. The van der Waals surface area contributed by atoms with Crippen LogP contribution in [0, 0.1) is 0 Å². The van der Waals surface area contributed by atoms with Crippen LogP contribution in [0.3, 0.4) is 0 Å². The molecule has 112 valence electrons. The molecule has 1 aromatic rings. The minimum absolute atomic E-state index is 0.0189. The Balaban J connectivity index is 2.01. The van der Waals surface area contributed by atoms with Gasteiger partial charge in [-0.3, -0.25) is 14.5 Å². The summed E-state index contributed by atoms with van der Waals surface area (Å²) in [6, 6.07) is 5.89. The second kappa shape index (κ2) is 6.39. The first-order valence-electron chi connectivity index (χ1n) is 7.00. The molecule has 1 aromatic carbocycles. The SMILES string of the molecule is CCCCC(=O)Nc1ccc(C2NC(=O)N(C)C2=O)cc1. The number of rotatable bonds is 5. The Bertz CT molecular complexity index is 554. The van der Waals surface area contributed by atoms with E-state index in [9.17, 15) is 14.4 Å². The van der Waals surface area contributed by atoms with Gasteiger partial charge in [0.1, 0.15) is 6.04 Å². The van der Waals surface area contributed by atoms with E-state index in [0.29, 0.717) is 17.7 Å². The molecule has 21 heavy (non-hydrogen) atoms.